The van der Waals surface area contributed by atoms with E-state index in [9.17, 15) is 12.8 Å². The summed E-state index contributed by atoms with van der Waals surface area (Å²) in [4.78, 5) is 0.0829. The summed E-state index contributed by atoms with van der Waals surface area (Å²) in [5, 5.41) is 0. The second-order valence-electron chi connectivity index (χ2n) is 5.10. The maximum Gasteiger partial charge on any atom is 0.264 e. The van der Waals surface area contributed by atoms with E-state index >= 15 is 0 Å². The van der Waals surface area contributed by atoms with Gasteiger partial charge in [0.15, 0.2) is 0 Å². The Kier molecular flexibility index (Phi) is 3.88. The fourth-order valence-electron chi connectivity index (χ4n) is 2.73. The number of sulfonamides is 1. The zero-order chi connectivity index (χ0) is 15.7. The van der Waals surface area contributed by atoms with Crippen LogP contribution in [0.2, 0.25) is 0 Å². The van der Waals surface area contributed by atoms with Gasteiger partial charge in [-0.2, -0.15) is 0 Å². The quantitative estimate of drug-likeness (QED) is 0.872. The van der Waals surface area contributed by atoms with Crippen LogP contribution in [0.3, 0.4) is 0 Å². The predicted octanol–water partition coefficient (Wildman–Crippen LogP) is 3.11. The summed E-state index contributed by atoms with van der Waals surface area (Å²) in [6.45, 7) is 0.329. The fourth-order valence-corrected chi connectivity index (χ4v) is 4.23. The molecule has 1 aliphatic rings. The van der Waals surface area contributed by atoms with Gasteiger partial charge in [-0.05, 0) is 36.8 Å². The van der Waals surface area contributed by atoms with Crippen molar-refractivity contribution in [1.29, 1.82) is 0 Å². The summed E-state index contributed by atoms with van der Waals surface area (Å²) >= 11 is 0. The van der Waals surface area contributed by atoms with Gasteiger partial charge in [-0.3, -0.25) is 4.31 Å². The van der Waals surface area contributed by atoms with Crippen LogP contribution in [0.25, 0.3) is 0 Å². The Morgan fingerprint density at radius 2 is 1.82 bits per heavy atom. The Hall–Kier alpha value is -1.92. The van der Waals surface area contributed by atoms with Crippen molar-refractivity contribution in [2.75, 3.05) is 18.0 Å². The summed E-state index contributed by atoms with van der Waals surface area (Å²) < 4.78 is 45.5. The van der Waals surface area contributed by atoms with Gasteiger partial charge in [0.1, 0.15) is 5.82 Å². The Bertz CT molecular complexity index is 774. The molecule has 1 atom stereocenters. The lowest BCUT2D eigenvalue weighted by Gasteiger charge is -2.34. The molecular weight excluding hydrogens is 305 g/mol. The fraction of sp³-hybridized carbons (Fsp3) is 0.250. The lowest BCUT2D eigenvalue weighted by molar-refractivity contribution is 0.0951. The predicted molar refractivity (Wildman–Crippen MR) is 81.7 cm³/mol. The van der Waals surface area contributed by atoms with E-state index in [1.54, 1.807) is 19.2 Å². The highest BCUT2D eigenvalue weighted by Gasteiger charge is 2.32. The molecule has 22 heavy (non-hydrogen) atoms. The van der Waals surface area contributed by atoms with Crippen molar-refractivity contribution in [3.63, 3.8) is 0 Å². The third-order valence-electron chi connectivity index (χ3n) is 3.83. The first-order valence-electron chi connectivity index (χ1n) is 6.94. The van der Waals surface area contributed by atoms with Crippen LogP contribution >= 0.6 is 0 Å². The van der Waals surface area contributed by atoms with Crippen molar-refractivity contribution in [1.82, 2.24) is 0 Å². The van der Waals surface area contributed by atoms with Gasteiger partial charge in [-0.1, -0.05) is 18.2 Å². The molecule has 0 N–H and O–H groups in total. The lowest BCUT2D eigenvalue weighted by atomic mass is 10.0. The van der Waals surface area contributed by atoms with Gasteiger partial charge in [0, 0.05) is 19.2 Å². The minimum absolute atomic E-state index is 0.0829. The van der Waals surface area contributed by atoms with Gasteiger partial charge in [0.05, 0.1) is 16.7 Å². The summed E-state index contributed by atoms with van der Waals surface area (Å²) in [6, 6.07) is 12.2. The number of hydrogen-bond acceptors (Lipinski definition) is 3. The maximum absolute atomic E-state index is 13.0. The Balaban J connectivity index is 2.07. The normalized spacial score (nSPS) is 18.1. The number of halogens is 1. The number of methoxy groups -OCH3 is 1. The average molecular weight is 321 g/mol. The number of benzene rings is 2. The Morgan fingerprint density at radius 1 is 1.14 bits per heavy atom. The van der Waals surface area contributed by atoms with Crippen LogP contribution in [0.5, 0.6) is 0 Å². The SMILES string of the molecule is COC1CCN(S(=O)(=O)c2ccc(F)cc2)c2ccccc21. The van der Waals surface area contributed by atoms with Crippen molar-refractivity contribution >= 4 is 15.7 Å². The van der Waals surface area contributed by atoms with E-state index in [-0.39, 0.29) is 11.0 Å². The van der Waals surface area contributed by atoms with E-state index in [2.05, 4.69) is 0 Å². The molecule has 0 radical (unpaired) electrons. The number of hydrogen-bond donors (Lipinski definition) is 0. The zero-order valence-electron chi connectivity index (χ0n) is 12.1. The molecule has 0 bridgehead atoms. The maximum atomic E-state index is 13.0. The van der Waals surface area contributed by atoms with Crippen molar-refractivity contribution < 1.29 is 17.5 Å². The van der Waals surface area contributed by atoms with Gasteiger partial charge in [0.25, 0.3) is 10.0 Å². The monoisotopic (exact) mass is 321 g/mol. The van der Waals surface area contributed by atoms with E-state index in [1.165, 1.54) is 16.4 Å². The molecule has 0 aliphatic carbocycles. The van der Waals surface area contributed by atoms with E-state index in [0.717, 1.165) is 17.7 Å². The number of fused-ring (bicyclic) bond motifs is 1. The first kappa shape index (κ1) is 15.0. The molecule has 116 valence electrons. The van der Waals surface area contributed by atoms with Crippen LogP contribution in [0.1, 0.15) is 18.1 Å². The molecule has 0 amide bonds. The number of para-hydroxylation sites is 1. The van der Waals surface area contributed by atoms with Crippen LogP contribution in [0.15, 0.2) is 53.4 Å². The van der Waals surface area contributed by atoms with Gasteiger partial charge < -0.3 is 4.74 Å². The Morgan fingerprint density at radius 3 is 2.50 bits per heavy atom. The van der Waals surface area contributed by atoms with Crippen LogP contribution in [-0.2, 0) is 14.8 Å². The van der Waals surface area contributed by atoms with E-state index < -0.39 is 15.8 Å². The average Bonchev–Trinajstić information content (AvgIpc) is 2.54. The topological polar surface area (TPSA) is 46.6 Å². The smallest absolute Gasteiger partial charge is 0.264 e. The molecule has 2 aromatic carbocycles. The van der Waals surface area contributed by atoms with Crippen molar-refractivity contribution in [2.45, 2.75) is 17.4 Å². The van der Waals surface area contributed by atoms with Gasteiger partial charge in [-0.15, -0.1) is 0 Å². The van der Waals surface area contributed by atoms with E-state index in [0.29, 0.717) is 18.7 Å². The minimum Gasteiger partial charge on any atom is -0.377 e. The molecule has 6 heteroatoms. The summed E-state index contributed by atoms with van der Waals surface area (Å²) in [6.07, 6.45) is 0.462. The second kappa shape index (κ2) is 5.70. The standard InChI is InChI=1S/C16H16FNO3S/c1-21-16-10-11-18(15-5-3-2-4-14(15)16)22(19,20)13-8-6-12(17)7-9-13/h2-9,16H,10-11H2,1H3. The van der Waals surface area contributed by atoms with Crippen LogP contribution < -0.4 is 4.31 Å². The van der Waals surface area contributed by atoms with Gasteiger partial charge >= 0.3 is 0 Å². The molecule has 0 aromatic heterocycles. The molecule has 2 aromatic rings. The molecular formula is C16H16FNO3S. The van der Waals surface area contributed by atoms with Gasteiger partial charge in [-0.25, -0.2) is 12.8 Å². The van der Waals surface area contributed by atoms with E-state index in [1.807, 2.05) is 12.1 Å². The highest BCUT2D eigenvalue weighted by molar-refractivity contribution is 7.92. The largest absolute Gasteiger partial charge is 0.377 e. The van der Waals surface area contributed by atoms with Crippen molar-refractivity contribution in [2.24, 2.45) is 0 Å². The second-order valence-corrected chi connectivity index (χ2v) is 6.97. The van der Waals surface area contributed by atoms with Crippen molar-refractivity contribution in [3.05, 3.63) is 59.9 Å². The zero-order valence-corrected chi connectivity index (χ0v) is 12.9. The minimum atomic E-state index is -3.71. The third kappa shape index (κ3) is 2.48. The lowest BCUT2D eigenvalue weighted by Crippen LogP contribution is -2.37. The molecule has 0 spiro atoms. The van der Waals surface area contributed by atoms with Crippen molar-refractivity contribution in [3.8, 4) is 0 Å². The number of anilines is 1. The molecule has 1 aliphatic heterocycles. The van der Waals surface area contributed by atoms with E-state index in [4.69, 9.17) is 4.74 Å². The highest BCUT2D eigenvalue weighted by atomic mass is 32.2. The molecule has 1 unspecified atom stereocenters. The highest BCUT2D eigenvalue weighted by Crippen LogP contribution is 2.38. The van der Waals surface area contributed by atoms with Crippen LogP contribution in [-0.4, -0.2) is 22.1 Å². The Labute approximate surface area is 129 Å². The molecule has 1 heterocycles. The summed E-state index contributed by atoms with van der Waals surface area (Å²) in [7, 11) is -2.10. The molecule has 0 saturated carbocycles. The van der Waals surface area contributed by atoms with Crippen LogP contribution in [0, 0.1) is 5.82 Å². The molecule has 4 nitrogen and oxygen atoms in total. The molecule has 3 rings (SSSR count). The molecule has 0 fully saturated rings. The first-order valence-corrected chi connectivity index (χ1v) is 8.38. The third-order valence-corrected chi connectivity index (χ3v) is 5.66. The number of nitrogens with zero attached hydrogens (tertiary/aromatic N) is 1. The summed E-state index contributed by atoms with van der Waals surface area (Å²) in [5.41, 5.74) is 1.46. The summed E-state index contributed by atoms with van der Waals surface area (Å²) in [5.74, 6) is -0.461. The van der Waals surface area contributed by atoms with Crippen LogP contribution in [0.4, 0.5) is 10.1 Å². The van der Waals surface area contributed by atoms with Gasteiger partial charge in [0.2, 0.25) is 0 Å². The number of ether oxygens (including phenoxy) is 1. The first-order chi connectivity index (χ1) is 10.5. The molecule has 0 saturated heterocycles. The number of rotatable bonds is 3.